The minimum Gasteiger partial charge on any atom is -0.368 e. The van der Waals surface area contributed by atoms with Gasteiger partial charge in [-0.25, -0.2) is 13.8 Å². The molecule has 0 aliphatic carbocycles. The van der Waals surface area contributed by atoms with Gasteiger partial charge in [0.05, 0.1) is 38.6 Å². The summed E-state index contributed by atoms with van der Waals surface area (Å²) in [7, 11) is 0. The average Bonchev–Trinajstić information content (AvgIpc) is 3.06. The molecule has 0 amide bonds. The number of pyridine rings is 1. The third kappa shape index (κ3) is 8.61. The summed E-state index contributed by atoms with van der Waals surface area (Å²) in [4.78, 5) is 8.94. The van der Waals surface area contributed by atoms with Crippen LogP contribution < -0.4 is 9.80 Å². The molecule has 2 aliphatic rings. The van der Waals surface area contributed by atoms with Crippen LogP contribution >= 0.6 is 0 Å². The quantitative estimate of drug-likeness (QED) is 0.275. The van der Waals surface area contributed by atoms with E-state index in [0.717, 1.165) is 58.2 Å². The Labute approximate surface area is 252 Å². The second-order valence-electron chi connectivity index (χ2n) is 10.4. The molecule has 0 atom stereocenters. The molecule has 0 radical (unpaired) electrons. The molecule has 0 spiro atoms. The highest BCUT2D eigenvalue weighted by atomic mass is 19.1. The van der Waals surface area contributed by atoms with Crippen molar-refractivity contribution in [1.82, 2.24) is 15.0 Å². The molecule has 6 rings (SSSR count). The van der Waals surface area contributed by atoms with Crippen LogP contribution in [0.4, 0.5) is 20.3 Å². The maximum absolute atomic E-state index is 13.5. The zero-order chi connectivity index (χ0) is 29.9. The molecule has 0 N–H and O–H groups in total. The molecule has 0 saturated carbocycles. The van der Waals surface area contributed by atoms with E-state index in [-0.39, 0.29) is 11.6 Å². The van der Waals surface area contributed by atoms with E-state index in [0.29, 0.717) is 11.1 Å². The molecular formula is C34H37F2N7. The molecule has 0 bridgehead atoms. The van der Waals surface area contributed by atoms with Crippen LogP contribution in [0.15, 0.2) is 107 Å². The lowest BCUT2D eigenvalue weighted by Crippen LogP contribution is -2.44. The number of aromatic nitrogens is 1. The van der Waals surface area contributed by atoms with Crippen molar-refractivity contribution in [3.05, 3.63) is 126 Å². The van der Waals surface area contributed by atoms with Crippen LogP contribution in [0, 0.1) is 18.6 Å². The predicted octanol–water partition coefficient (Wildman–Crippen LogP) is 5.67. The van der Waals surface area contributed by atoms with Gasteiger partial charge in [-0.15, -0.1) is 0 Å². The van der Waals surface area contributed by atoms with E-state index in [9.17, 15) is 8.78 Å². The summed E-state index contributed by atoms with van der Waals surface area (Å²) in [5.74, 6) is 0.521. The van der Waals surface area contributed by atoms with Crippen LogP contribution in [0.1, 0.15) is 16.7 Å². The number of anilines is 2. The molecule has 4 aromatic rings. The molecule has 43 heavy (non-hydrogen) atoms. The van der Waals surface area contributed by atoms with Gasteiger partial charge in [0.15, 0.2) is 0 Å². The summed E-state index contributed by atoms with van der Waals surface area (Å²) in [6, 6.07) is 27.9. The zero-order valence-electron chi connectivity index (χ0n) is 24.4. The van der Waals surface area contributed by atoms with Gasteiger partial charge in [-0.1, -0.05) is 60.2 Å². The highest BCUT2D eigenvalue weighted by Gasteiger charge is 2.17. The average molecular weight is 582 g/mol. The normalized spacial score (nSPS) is 15.6. The standard InChI is InChI=1S/C18H20FN3.C16H17FN4/c1-15-6-8-17(9-7-15)21-10-12-22(13-11-21)20-14-16-4-2-3-5-18(16)19;17-15-6-2-1-5-14(15)13-19-21-11-9-20(10-12-21)16-7-3-4-8-18-16/h2-9,14H,10-13H2,1H3;1-8,13H,9-12H2. The Kier molecular flexibility index (Phi) is 10.3. The largest absolute Gasteiger partial charge is 0.368 e. The summed E-state index contributed by atoms with van der Waals surface area (Å²) >= 11 is 0. The first kappa shape index (κ1) is 29.7. The SMILES string of the molecule is Cc1ccc(N2CCN(N=Cc3ccccc3F)CC2)cc1.Fc1ccccc1C=NN1CCN(c2ccccn2)CC1. The van der Waals surface area contributed by atoms with Gasteiger partial charge in [-0.3, -0.25) is 10.0 Å². The van der Waals surface area contributed by atoms with Crippen LogP contribution in [-0.2, 0) is 0 Å². The summed E-state index contributed by atoms with van der Waals surface area (Å²) in [5.41, 5.74) is 3.58. The molecule has 2 saturated heterocycles. The van der Waals surface area contributed by atoms with E-state index in [1.165, 1.54) is 23.4 Å². The Morgan fingerprint density at radius 1 is 0.581 bits per heavy atom. The Bertz CT molecular complexity index is 1480. The lowest BCUT2D eigenvalue weighted by Gasteiger charge is -2.34. The van der Waals surface area contributed by atoms with Gasteiger partial charge >= 0.3 is 0 Å². The first-order valence-electron chi connectivity index (χ1n) is 14.6. The van der Waals surface area contributed by atoms with Crippen LogP contribution in [-0.4, -0.2) is 79.8 Å². The first-order valence-corrected chi connectivity index (χ1v) is 14.6. The number of hydrogen-bond acceptors (Lipinski definition) is 7. The third-order valence-corrected chi connectivity index (χ3v) is 7.42. The molecule has 2 aliphatic heterocycles. The smallest absolute Gasteiger partial charge is 0.132 e. The lowest BCUT2D eigenvalue weighted by atomic mass is 10.2. The third-order valence-electron chi connectivity index (χ3n) is 7.42. The molecule has 222 valence electrons. The summed E-state index contributed by atoms with van der Waals surface area (Å²) in [6.45, 7) is 8.99. The molecule has 7 nitrogen and oxygen atoms in total. The number of rotatable bonds is 6. The van der Waals surface area contributed by atoms with E-state index < -0.39 is 0 Å². The van der Waals surface area contributed by atoms with Gasteiger partial charge < -0.3 is 9.80 Å². The van der Waals surface area contributed by atoms with E-state index in [1.807, 2.05) is 40.3 Å². The second kappa shape index (κ2) is 14.9. The maximum Gasteiger partial charge on any atom is 0.132 e. The summed E-state index contributed by atoms with van der Waals surface area (Å²) < 4.78 is 27.0. The second-order valence-corrected chi connectivity index (χ2v) is 10.4. The Balaban J connectivity index is 0.000000171. The van der Waals surface area contributed by atoms with Crippen LogP contribution in [0.2, 0.25) is 0 Å². The molecular weight excluding hydrogens is 544 g/mol. The van der Waals surface area contributed by atoms with Crippen LogP contribution in [0.3, 0.4) is 0 Å². The van der Waals surface area contributed by atoms with Crippen molar-refractivity contribution in [2.45, 2.75) is 6.92 Å². The number of piperazine rings is 2. The number of halogens is 2. The van der Waals surface area contributed by atoms with E-state index in [1.54, 1.807) is 42.9 Å². The number of nitrogens with zero attached hydrogens (tertiary/aromatic N) is 7. The highest BCUT2D eigenvalue weighted by Crippen LogP contribution is 2.17. The maximum atomic E-state index is 13.5. The van der Waals surface area contributed by atoms with Crippen LogP contribution in [0.5, 0.6) is 0 Å². The fourth-order valence-corrected chi connectivity index (χ4v) is 4.85. The Morgan fingerprint density at radius 2 is 1.07 bits per heavy atom. The molecule has 2 fully saturated rings. The minimum absolute atomic E-state index is 0.232. The van der Waals surface area contributed by atoms with Crippen molar-refractivity contribution in [1.29, 1.82) is 0 Å². The summed E-state index contributed by atoms with van der Waals surface area (Å²) in [6.07, 6.45) is 5.00. The van der Waals surface area contributed by atoms with E-state index >= 15 is 0 Å². The van der Waals surface area contributed by atoms with Gasteiger partial charge in [-0.05, 0) is 43.3 Å². The minimum atomic E-state index is -0.242. The van der Waals surface area contributed by atoms with Gasteiger partial charge in [0.1, 0.15) is 17.5 Å². The number of benzene rings is 3. The number of hydrogen-bond donors (Lipinski definition) is 0. The highest BCUT2D eigenvalue weighted by molar-refractivity contribution is 5.80. The monoisotopic (exact) mass is 581 g/mol. The van der Waals surface area contributed by atoms with Gasteiger partial charge in [0, 0.05) is 49.2 Å². The molecule has 0 unspecified atom stereocenters. The molecule has 9 heteroatoms. The summed E-state index contributed by atoms with van der Waals surface area (Å²) in [5, 5.41) is 12.7. The van der Waals surface area contributed by atoms with Crippen molar-refractivity contribution in [3.8, 4) is 0 Å². The van der Waals surface area contributed by atoms with E-state index in [4.69, 9.17) is 0 Å². The number of hydrazone groups is 2. The van der Waals surface area contributed by atoms with Crippen LogP contribution in [0.25, 0.3) is 0 Å². The predicted molar refractivity (Wildman–Crippen MR) is 171 cm³/mol. The van der Waals surface area contributed by atoms with Crippen molar-refractivity contribution >= 4 is 23.9 Å². The molecule has 3 aromatic carbocycles. The zero-order valence-corrected chi connectivity index (χ0v) is 24.4. The molecule has 1 aromatic heterocycles. The topological polar surface area (TPSA) is 50.6 Å². The van der Waals surface area contributed by atoms with Gasteiger partial charge in [-0.2, -0.15) is 10.2 Å². The Morgan fingerprint density at radius 3 is 1.56 bits per heavy atom. The fourth-order valence-electron chi connectivity index (χ4n) is 4.85. The lowest BCUT2D eigenvalue weighted by molar-refractivity contribution is 0.271. The fraction of sp³-hybridized carbons (Fsp3) is 0.265. The van der Waals surface area contributed by atoms with Crippen molar-refractivity contribution in [3.63, 3.8) is 0 Å². The van der Waals surface area contributed by atoms with Crippen molar-refractivity contribution in [2.75, 3.05) is 62.2 Å². The van der Waals surface area contributed by atoms with Gasteiger partial charge in [0.25, 0.3) is 0 Å². The molecule has 3 heterocycles. The number of aryl methyl sites for hydroxylation is 1. The van der Waals surface area contributed by atoms with Crippen molar-refractivity contribution in [2.24, 2.45) is 10.2 Å². The van der Waals surface area contributed by atoms with E-state index in [2.05, 4.69) is 56.2 Å². The van der Waals surface area contributed by atoms with Crippen molar-refractivity contribution < 1.29 is 8.78 Å². The Hall–Kier alpha value is -4.79. The van der Waals surface area contributed by atoms with Gasteiger partial charge in [0.2, 0.25) is 0 Å². The first-order chi connectivity index (χ1) is 21.0.